The summed E-state index contributed by atoms with van der Waals surface area (Å²) in [7, 11) is -3.28. The molecule has 0 bridgehead atoms. The van der Waals surface area contributed by atoms with Crippen molar-refractivity contribution in [1.29, 1.82) is 0 Å². The first-order valence-corrected chi connectivity index (χ1v) is 5.16. The van der Waals surface area contributed by atoms with Crippen LogP contribution in [-0.4, -0.2) is 26.0 Å². The van der Waals surface area contributed by atoms with Crippen molar-refractivity contribution in [3.8, 4) is 0 Å². The highest BCUT2D eigenvalue weighted by molar-refractivity contribution is 7.89. The molecule has 0 radical (unpaired) electrons. The van der Waals surface area contributed by atoms with Crippen molar-refractivity contribution < 1.29 is 13.2 Å². The van der Waals surface area contributed by atoms with E-state index in [-0.39, 0.29) is 12.3 Å². The summed E-state index contributed by atoms with van der Waals surface area (Å²) in [6, 6.07) is 0. The van der Waals surface area contributed by atoms with Crippen molar-refractivity contribution in [3.05, 3.63) is 0 Å². The van der Waals surface area contributed by atoms with Crippen LogP contribution in [0.4, 0.5) is 0 Å². The molecule has 1 N–H and O–H groups in total. The summed E-state index contributed by atoms with van der Waals surface area (Å²) in [6.07, 6.45) is 0.520. The van der Waals surface area contributed by atoms with E-state index in [1.165, 1.54) is 0 Å². The average molecular weight is 200 g/mol. The molecular formula is C5H10ClNO3S. The fraction of sp³-hybridized carbons (Fsp3) is 0.800. The Labute approximate surface area is 71.0 Å². The number of hydrogen-bond donors (Lipinski definition) is 1. The van der Waals surface area contributed by atoms with Crippen LogP contribution in [0.15, 0.2) is 0 Å². The standard InChI is InChI=1S/C5H10ClNO3S/c1-2-3-11(9,10)7-4-5(6)8/h7H,2-4H2,1H3. The fourth-order valence-corrected chi connectivity index (χ4v) is 1.69. The van der Waals surface area contributed by atoms with Crippen LogP contribution in [0.1, 0.15) is 13.3 Å². The van der Waals surface area contributed by atoms with E-state index in [1.807, 2.05) is 0 Å². The molecule has 0 spiro atoms. The van der Waals surface area contributed by atoms with Gasteiger partial charge in [-0.2, -0.15) is 0 Å². The van der Waals surface area contributed by atoms with Crippen molar-refractivity contribution in [2.45, 2.75) is 13.3 Å². The first-order valence-electron chi connectivity index (χ1n) is 3.13. The Morgan fingerprint density at radius 1 is 1.55 bits per heavy atom. The maximum Gasteiger partial charge on any atom is 0.236 e. The van der Waals surface area contributed by atoms with Crippen LogP contribution in [0.3, 0.4) is 0 Å². The molecular weight excluding hydrogens is 190 g/mol. The zero-order valence-electron chi connectivity index (χ0n) is 6.13. The molecule has 0 amide bonds. The lowest BCUT2D eigenvalue weighted by Gasteiger charge is -2.00. The summed E-state index contributed by atoms with van der Waals surface area (Å²) in [5.41, 5.74) is 0. The first-order chi connectivity index (χ1) is 4.98. The smallest absolute Gasteiger partial charge is 0.236 e. The highest BCUT2D eigenvalue weighted by Crippen LogP contribution is 1.88. The summed E-state index contributed by atoms with van der Waals surface area (Å²) in [6.45, 7) is 1.41. The lowest BCUT2D eigenvalue weighted by Crippen LogP contribution is -2.29. The molecule has 6 heteroatoms. The van der Waals surface area contributed by atoms with Crippen LogP contribution >= 0.6 is 11.6 Å². The summed E-state index contributed by atoms with van der Waals surface area (Å²) in [4.78, 5) is 10.1. The van der Waals surface area contributed by atoms with Crippen molar-refractivity contribution in [2.75, 3.05) is 12.3 Å². The maximum absolute atomic E-state index is 10.8. The molecule has 66 valence electrons. The van der Waals surface area contributed by atoms with Crippen LogP contribution in [0.25, 0.3) is 0 Å². The molecule has 11 heavy (non-hydrogen) atoms. The van der Waals surface area contributed by atoms with Crippen LogP contribution in [-0.2, 0) is 14.8 Å². The summed E-state index contributed by atoms with van der Waals surface area (Å²) >= 11 is 4.92. The molecule has 0 aromatic rings. The van der Waals surface area contributed by atoms with Crippen LogP contribution in [0.2, 0.25) is 0 Å². The van der Waals surface area contributed by atoms with Gasteiger partial charge in [0, 0.05) is 0 Å². The van der Waals surface area contributed by atoms with Gasteiger partial charge in [0.15, 0.2) is 0 Å². The number of sulfonamides is 1. The van der Waals surface area contributed by atoms with Gasteiger partial charge in [-0.25, -0.2) is 13.1 Å². The Morgan fingerprint density at radius 3 is 2.45 bits per heavy atom. The Hall–Kier alpha value is -0.130. The zero-order chi connectivity index (χ0) is 8.91. The number of halogens is 1. The third-order valence-electron chi connectivity index (χ3n) is 0.904. The van der Waals surface area contributed by atoms with Gasteiger partial charge >= 0.3 is 0 Å². The van der Waals surface area contributed by atoms with Gasteiger partial charge in [0.1, 0.15) is 0 Å². The van der Waals surface area contributed by atoms with E-state index in [9.17, 15) is 13.2 Å². The number of nitrogens with one attached hydrogen (secondary N) is 1. The second kappa shape index (κ2) is 4.69. The Bertz CT molecular complexity index is 224. The minimum atomic E-state index is -3.28. The number of rotatable bonds is 5. The monoisotopic (exact) mass is 199 g/mol. The van der Waals surface area contributed by atoms with E-state index in [0.717, 1.165) is 0 Å². The van der Waals surface area contributed by atoms with Gasteiger partial charge in [0.2, 0.25) is 15.3 Å². The third-order valence-corrected chi connectivity index (χ3v) is 2.57. The minimum absolute atomic E-state index is 0.0250. The molecule has 0 saturated carbocycles. The Balaban J connectivity index is 3.84. The number of hydrogen-bond acceptors (Lipinski definition) is 3. The fourth-order valence-electron chi connectivity index (χ4n) is 0.508. The van der Waals surface area contributed by atoms with Gasteiger partial charge in [0.25, 0.3) is 0 Å². The molecule has 0 fully saturated rings. The lowest BCUT2D eigenvalue weighted by molar-refractivity contribution is -0.110. The molecule has 0 aromatic carbocycles. The molecule has 0 heterocycles. The van der Waals surface area contributed by atoms with Crippen LogP contribution in [0.5, 0.6) is 0 Å². The maximum atomic E-state index is 10.8. The molecule has 0 aromatic heterocycles. The molecule has 0 aliphatic carbocycles. The third kappa shape index (κ3) is 6.28. The van der Waals surface area contributed by atoms with Gasteiger partial charge in [-0.05, 0) is 18.0 Å². The van der Waals surface area contributed by atoms with Crippen molar-refractivity contribution in [1.82, 2.24) is 4.72 Å². The van der Waals surface area contributed by atoms with Crippen molar-refractivity contribution >= 4 is 26.9 Å². The quantitative estimate of drug-likeness (QED) is 0.638. The normalized spacial score (nSPS) is 11.5. The summed E-state index contributed by atoms with van der Waals surface area (Å²) in [5.74, 6) is 0.0250. The van der Waals surface area contributed by atoms with E-state index >= 15 is 0 Å². The predicted octanol–water partition coefficient (Wildman–Crippen LogP) is 0.0812. The van der Waals surface area contributed by atoms with Crippen molar-refractivity contribution in [3.63, 3.8) is 0 Å². The van der Waals surface area contributed by atoms with E-state index in [4.69, 9.17) is 11.6 Å². The second-order valence-corrected chi connectivity index (χ2v) is 4.34. The van der Waals surface area contributed by atoms with Crippen LogP contribution < -0.4 is 4.72 Å². The lowest BCUT2D eigenvalue weighted by atomic mass is 10.6. The van der Waals surface area contributed by atoms with Gasteiger partial charge in [0.05, 0.1) is 12.3 Å². The largest absolute Gasteiger partial charge is 0.280 e. The van der Waals surface area contributed by atoms with Gasteiger partial charge in [-0.3, -0.25) is 4.79 Å². The summed E-state index contributed by atoms with van der Waals surface area (Å²) in [5, 5.41) is -0.704. The zero-order valence-corrected chi connectivity index (χ0v) is 7.70. The van der Waals surface area contributed by atoms with Gasteiger partial charge in [-0.1, -0.05) is 6.92 Å². The van der Waals surface area contributed by atoms with E-state index in [1.54, 1.807) is 6.92 Å². The number of carbonyl (C=O) groups is 1. The minimum Gasteiger partial charge on any atom is -0.280 e. The first kappa shape index (κ1) is 10.9. The molecule has 4 nitrogen and oxygen atoms in total. The molecule has 0 aliphatic rings. The Kier molecular flexibility index (Phi) is 4.63. The molecule has 0 saturated heterocycles. The SMILES string of the molecule is CCCS(=O)(=O)NCC(=O)Cl. The second-order valence-electron chi connectivity index (χ2n) is 2.00. The van der Waals surface area contributed by atoms with Gasteiger partial charge in [-0.15, -0.1) is 0 Å². The van der Waals surface area contributed by atoms with E-state index in [0.29, 0.717) is 6.42 Å². The average Bonchev–Trinajstić information content (AvgIpc) is 1.84. The predicted molar refractivity (Wildman–Crippen MR) is 42.9 cm³/mol. The highest BCUT2D eigenvalue weighted by Gasteiger charge is 2.08. The highest BCUT2D eigenvalue weighted by atomic mass is 35.5. The topological polar surface area (TPSA) is 63.2 Å². The van der Waals surface area contributed by atoms with E-state index < -0.39 is 15.3 Å². The van der Waals surface area contributed by atoms with Gasteiger partial charge < -0.3 is 0 Å². The molecule has 0 unspecified atom stereocenters. The number of carbonyl (C=O) groups excluding carboxylic acids is 1. The molecule has 0 atom stereocenters. The Morgan fingerprint density at radius 2 is 2.09 bits per heavy atom. The summed E-state index contributed by atoms with van der Waals surface area (Å²) < 4.78 is 23.7. The molecule has 0 aliphatic heterocycles. The van der Waals surface area contributed by atoms with E-state index in [2.05, 4.69) is 4.72 Å². The molecule has 0 rings (SSSR count). The van der Waals surface area contributed by atoms with Crippen molar-refractivity contribution in [2.24, 2.45) is 0 Å². The van der Waals surface area contributed by atoms with Crippen LogP contribution in [0, 0.1) is 0 Å².